The largest absolute Gasteiger partial charge is 0.351 e. The van der Waals surface area contributed by atoms with Crippen LogP contribution in [0.4, 0.5) is 0 Å². The number of amides is 1. The lowest BCUT2D eigenvalue weighted by Gasteiger charge is -2.09. The van der Waals surface area contributed by atoms with E-state index in [4.69, 9.17) is 5.26 Å². The van der Waals surface area contributed by atoms with Gasteiger partial charge in [-0.1, -0.05) is 18.2 Å². The Labute approximate surface area is 155 Å². The van der Waals surface area contributed by atoms with Crippen LogP contribution in [0.25, 0.3) is 5.82 Å². The molecule has 0 radical (unpaired) electrons. The number of hydrogen-bond donors (Lipinski definition) is 1. The van der Waals surface area contributed by atoms with Gasteiger partial charge in [-0.15, -0.1) is 11.8 Å². The average Bonchev–Trinajstić information content (AvgIpc) is 3.22. The number of hydrogen-bond acceptors (Lipinski definition) is 5. The standard InChI is InChI=1S/C19H17N5OS/c20-11-15-4-6-16(7-5-15)13-26-14-18(25)22-12-17-3-1-8-21-19(17)24-10-2-9-23-24/h1-10H,12-14H2,(H,22,25). The molecule has 1 aromatic carbocycles. The highest BCUT2D eigenvalue weighted by Crippen LogP contribution is 2.13. The normalized spacial score (nSPS) is 10.3. The lowest BCUT2D eigenvalue weighted by atomic mass is 10.2. The first-order valence-corrected chi connectivity index (χ1v) is 9.19. The van der Waals surface area contributed by atoms with Crippen LogP contribution >= 0.6 is 11.8 Å². The third-order valence-corrected chi connectivity index (χ3v) is 4.65. The molecule has 3 aromatic rings. The molecule has 0 atom stereocenters. The second-order valence-electron chi connectivity index (χ2n) is 5.52. The number of pyridine rings is 1. The van der Waals surface area contributed by atoms with E-state index in [1.165, 1.54) is 11.8 Å². The maximum absolute atomic E-state index is 12.1. The van der Waals surface area contributed by atoms with Crippen molar-refractivity contribution in [3.63, 3.8) is 0 Å². The number of benzene rings is 1. The smallest absolute Gasteiger partial charge is 0.230 e. The van der Waals surface area contributed by atoms with Crippen LogP contribution in [0.1, 0.15) is 16.7 Å². The molecule has 2 aromatic heterocycles. The minimum Gasteiger partial charge on any atom is -0.351 e. The number of nitrogens with zero attached hydrogens (tertiary/aromatic N) is 4. The summed E-state index contributed by atoms with van der Waals surface area (Å²) in [4.78, 5) is 16.4. The SMILES string of the molecule is N#Cc1ccc(CSCC(=O)NCc2cccnc2-n2cccn2)cc1. The van der Waals surface area contributed by atoms with E-state index in [0.29, 0.717) is 23.7 Å². The fourth-order valence-electron chi connectivity index (χ4n) is 2.35. The zero-order valence-electron chi connectivity index (χ0n) is 14.0. The van der Waals surface area contributed by atoms with E-state index in [9.17, 15) is 4.79 Å². The second kappa shape index (κ2) is 8.83. The van der Waals surface area contributed by atoms with E-state index in [2.05, 4.69) is 21.5 Å². The van der Waals surface area contributed by atoms with Gasteiger partial charge in [0, 0.05) is 36.5 Å². The number of nitriles is 1. The van der Waals surface area contributed by atoms with Crippen molar-refractivity contribution in [3.05, 3.63) is 77.7 Å². The molecule has 130 valence electrons. The Morgan fingerprint density at radius 3 is 2.77 bits per heavy atom. The fraction of sp³-hybridized carbons (Fsp3) is 0.158. The van der Waals surface area contributed by atoms with Crippen molar-refractivity contribution in [2.24, 2.45) is 0 Å². The molecule has 2 heterocycles. The molecule has 0 saturated heterocycles. The topological polar surface area (TPSA) is 83.6 Å². The summed E-state index contributed by atoms with van der Waals surface area (Å²) in [5, 5.41) is 15.9. The molecule has 6 nitrogen and oxygen atoms in total. The van der Waals surface area contributed by atoms with Gasteiger partial charge in [-0.05, 0) is 29.8 Å². The number of aromatic nitrogens is 3. The molecule has 0 bridgehead atoms. The third kappa shape index (κ3) is 4.71. The molecule has 7 heteroatoms. The summed E-state index contributed by atoms with van der Waals surface area (Å²) >= 11 is 1.54. The van der Waals surface area contributed by atoms with Gasteiger partial charge in [0.1, 0.15) is 0 Å². The van der Waals surface area contributed by atoms with Gasteiger partial charge in [0.2, 0.25) is 5.91 Å². The summed E-state index contributed by atoms with van der Waals surface area (Å²) in [6.45, 7) is 0.402. The molecule has 0 aliphatic rings. The van der Waals surface area contributed by atoms with Gasteiger partial charge in [-0.3, -0.25) is 4.79 Å². The van der Waals surface area contributed by atoms with Crippen LogP contribution in [0.5, 0.6) is 0 Å². The van der Waals surface area contributed by atoms with Gasteiger partial charge in [-0.2, -0.15) is 10.4 Å². The molecule has 0 fully saturated rings. The summed E-state index contributed by atoms with van der Waals surface area (Å²) in [5.74, 6) is 1.78. The van der Waals surface area contributed by atoms with Crippen molar-refractivity contribution >= 4 is 17.7 Å². The Bertz CT molecular complexity index is 900. The summed E-state index contributed by atoms with van der Waals surface area (Å²) in [6, 6.07) is 15.1. The first kappa shape index (κ1) is 17.7. The van der Waals surface area contributed by atoms with Crippen LogP contribution in [0.3, 0.4) is 0 Å². The van der Waals surface area contributed by atoms with E-state index < -0.39 is 0 Å². The van der Waals surface area contributed by atoms with Crippen molar-refractivity contribution in [2.75, 3.05) is 5.75 Å². The van der Waals surface area contributed by atoms with E-state index in [1.54, 1.807) is 29.2 Å². The van der Waals surface area contributed by atoms with Gasteiger partial charge < -0.3 is 5.32 Å². The molecule has 1 N–H and O–H groups in total. The zero-order valence-corrected chi connectivity index (χ0v) is 14.8. The summed E-state index contributed by atoms with van der Waals surface area (Å²) in [6.07, 6.45) is 5.22. The zero-order chi connectivity index (χ0) is 18.2. The summed E-state index contributed by atoms with van der Waals surface area (Å²) in [5.41, 5.74) is 2.64. The van der Waals surface area contributed by atoms with Crippen LogP contribution in [-0.2, 0) is 17.1 Å². The molecule has 0 unspecified atom stereocenters. The van der Waals surface area contributed by atoms with Gasteiger partial charge in [0.05, 0.1) is 17.4 Å². The predicted molar refractivity (Wildman–Crippen MR) is 101 cm³/mol. The lowest BCUT2D eigenvalue weighted by Crippen LogP contribution is -2.25. The third-order valence-electron chi connectivity index (χ3n) is 3.65. The minimum absolute atomic E-state index is 0.0288. The molecule has 0 saturated carbocycles. The number of carbonyl (C=O) groups excluding carboxylic acids is 1. The lowest BCUT2D eigenvalue weighted by molar-refractivity contribution is -0.118. The van der Waals surface area contributed by atoms with Crippen LogP contribution in [-0.4, -0.2) is 26.4 Å². The molecule has 0 aliphatic heterocycles. The summed E-state index contributed by atoms with van der Waals surface area (Å²) < 4.78 is 1.68. The first-order valence-electron chi connectivity index (χ1n) is 8.03. The second-order valence-corrected chi connectivity index (χ2v) is 6.50. The number of rotatable bonds is 7. The van der Waals surface area contributed by atoms with Crippen molar-refractivity contribution < 1.29 is 4.79 Å². The van der Waals surface area contributed by atoms with E-state index >= 15 is 0 Å². The highest BCUT2D eigenvalue weighted by atomic mass is 32.2. The van der Waals surface area contributed by atoms with E-state index in [0.717, 1.165) is 16.9 Å². The highest BCUT2D eigenvalue weighted by molar-refractivity contribution is 7.99. The Kier molecular flexibility index (Phi) is 6.01. The number of thioether (sulfide) groups is 1. The maximum Gasteiger partial charge on any atom is 0.230 e. The van der Waals surface area contributed by atoms with Crippen LogP contribution < -0.4 is 5.32 Å². The fourth-order valence-corrected chi connectivity index (χ4v) is 3.17. The van der Waals surface area contributed by atoms with E-state index in [-0.39, 0.29) is 5.91 Å². The molecule has 0 aliphatic carbocycles. The molecule has 3 rings (SSSR count). The van der Waals surface area contributed by atoms with Gasteiger partial charge in [0.15, 0.2) is 5.82 Å². The molecule has 1 amide bonds. The highest BCUT2D eigenvalue weighted by Gasteiger charge is 2.08. The van der Waals surface area contributed by atoms with Crippen molar-refractivity contribution in [3.8, 4) is 11.9 Å². The molecule has 26 heavy (non-hydrogen) atoms. The molecule has 0 spiro atoms. The number of nitrogens with one attached hydrogen (secondary N) is 1. The van der Waals surface area contributed by atoms with Gasteiger partial charge >= 0.3 is 0 Å². The van der Waals surface area contributed by atoms with Crippen molar-refractivity contribution in [1.29, 1.82) is 5.26 Å². The van der Waals surface area contributed by atoms with Crippen LogP contribution in [0.2, 0.25) is 0 Å². The summed E-state index contributed by atoms with van der Waals surface area (Å²) in [7, 11) is 0. The Hall–Kier alpha value is -3.11. The van der Waals surface area contributed by atoms with E-state index in [1.807, 2.05) is 36.5 Å². The quantitative estimate of drug-likeness (QED) is 0.698. The first-order chi connectivity index (χ1) is 12.8. The van der Waals surface area contributed by atoms with Crippen LogP contribution in [0.15, 0.2) is 61.1 Å². The average molecular weight is 363 g/mol. The van der Waals surface area contributed by atoms with Crippen molar-refractivity contribution in [1.82, 2.24) is 20.1 Å². The minimum atomic E-state index is -0.0288. The Morgan fingerprint density at radius 1 is 1.19 bits per heavy atom. The van der Waals surface area contributed by atoms with Crippen molar-refractivity contribution in [2.45, 2.75) is 12.3 Å². The van der Waals surface area contributed by atoms with Gasteiger partial charge in [0.25, 0.3) is 0 Å². The monoisotopic (exact) mass is 363 g/mol. The molecular weight excluding hydrogens is 346 g/mol. The number of carbonyl (C=O) groups is 1. The van der Waals surface area contributed by atoms with Gasteiger partial charge in [-0.25, -0.2) is 9.67 Å². The Balaban J connectivity index is 1.48. The van der Waals surface area contributed by atoms with Crippen LogP contribution in [0, 0.1) is 11.3 Å². The molecular formula is C19H17N5OS. The Morgan fingerprint density at radius 2 is 2.04 bits per heavy atom. The predicted octanol–water partition coefficient (Wildman–Crippen LogP) is 2.69. The maximum atomic E-state index is 12.1.